The van der Waals surface area contributed by atoms with Gasteiger partial charge >= 0.3 is 11.9 Å². The number of amides is 1. The molecular weight excluding hydrogens is 382 g/mol. The number of carbonyl (C=O) groups excluding carboxylic acids is 2. The number of carboxylic acid groups (broad SMARTS) is 1. The maximum Gasteiger partial charge on any atom is 0.343 e. The van der Waals surface area contributed by atoms with E-state index in [0.717, 1.165) is 5.56 Å². The number of hydrogen-bond donors (Lipinski definition) is 2. The second-order valence-corrected chi connectivity index (χ2v) is 6.75. The Morgan fingerprint density at radius 2 is 1.53 bits per heavy atom. The van der Waals surface area contributed by atoms with Gasteiger partial charge in [-0.1, -0.05) is 60.7 Å². The molecule has 3 rings (SSSR count). The van der Waals surface area contributed by atoms with Crippen LogP contribution >= 0.6 is 0 Å². The molecule has 0 fully saturated rings. The lowest BCUT2D eigenvalue weighted by molar-refractivity contribution is -0.138. The molecule has 0 radical (unpaired) electrons. The van der Waals surface area contributed by atoms with Gasteiger partial charge in [-0.2, -0.15) is 0 Å². The first-order valence-corrected chi connectivity index (χ1v) is 9.42. The highest BCUT2D eigenvalue weighted by Crippen LogP contribution is 2.35. The maximum absolute atomic E-state index is 12.6. The molecule has 0 aliphatic carbocycles. The molecule has 30 heavy (non-hydrogen) atoms. The van der Waals surface area contributed by atoms with E-state index >= 15 is 0 Å². The summed E-state index contributed by atoms with van der Waals surface area (Å²) in [5, 5.41) is 12.2. The van der Waals surface area contributed by atoms with Crippen molar-refractivity contribution in [2.75, 3.05) is 5.32 Å². The van der Waals surface area contributed by atoms with Crippen molar-refractivity contribution >= 4 is 23.5 Å². The third-order valence-corrected chi connectivity index (χ3v) is 4.57. The molecule has 0 saturated carbocycles. The lowest BCUT2D eigenvalue weighted by atomic mass is 9.99. The van der Waals surface area contributed by atoms with Crippen LogP contribution in [0.2, 0.25) is 0 Å². The number of anilines is 1. The van der Waals surface area contributed by atoms with Gasteiger partial charge in [-0.15, -0.1) is 0 Å². The van der Waals surface area contributed by atoms with E-state index in [9.17, 15) is 19.5 Å². The van der Waals surface area contributed by atoms with Crippen molar-refractivity contribution in [1.82, 2.24) is 0 Å². The number of para-hydroxylation sites is 1. The van der Waals surface area contributed by atoms with Crippen molar-refractivity contribution in [3.63, 3.8) is 0 Å². The molecule has 0 bridgehead atoms. The normalized spacial score (nSPS) is 11.4. The summed E-state index contributed by atoms with van der Waals surface area (Å²) in [6.07, 6.45) is 0.131. The van der Waals surface area contributed by atoms with Crippen LogP contribution in [0.5, 0.6) is 5.75 Å². The summed E-state index contributed by atoms with van der Waals surface area (Å²) in [6, 6.07) is 22.3. The molecule has 1 unspecified atom stereocenters. The summed E-state index contributed by atoms with van der Waals surface area (Å²) in [5.74, 6) is -2.92. The molecule has 1 amide bonds. The summed E-state index contributed by atoms with van der Waals surface area (Å²) < 4.78 is 5.57. The van der Waals surface area contributed by atoms with Crippen LogP contribution in [0.3, 0.4) is 0 Å². The van der Waals surface area contributed by atoms with Gasteiger partial charge in [-0.3, -0.25) is 9.59 Å². The first-order chi connectivity index (χ1) is 14.5. The Bertz CT molecular complexity index is 1050. The maximum atomic E-state index is 12.6. The monoisotopic (exact) mass is 403 g/mol. The number of ether oxygens (including phenoxy) is 1. The van der Waals surface area contributed by atoms with Crippen LogP contribution in [-0.2, 0) is 16.0 Å². The zero-order valence-corrected chi connectivity index (χ0v) is 16.4. The van der Waals surface area contributed by atoms with Gasteiger partial charge in [0, 0.05) is 5.56 Å². The van der Waals surface area contributed by atoms with E-state index in [-0.39, 0.29) is 23.8 Å². The van der Waals surface area contributed by atoms with Gasteiger partial charge in [-0.25, -0.2) is 4.79 Å². The molecule has 3 aromatic carbocycles. The smallest absolute Gasteiger partial charge is 0.343 e. The van der Waals surface area contributed by atoms with Crippen molar-refractivity contribution in [2.24, 2.45) is 0 Å². The number of hydrogen-bond acceptors (Lipinski definition) is 4. The molecule has 152 valence electrons. The minimum Gasteiger partial charge on any atom is -0.481 e. The molecule has 0 saturated heterocycles. The van der Waals surface area contributed by atoms with Gasteiger partial charge in [0.05, 0.1) is 23.6 Å². The quantitative estimate of drug-likeness (QED) is 0.454. The molecule has 0 spiro atoms. The van der Waals surface area contributed by atoms with E-state index in [0.29, 0.717) is 11.1 Å². The highest BCUT2D eigenvalue weighted by atomic mass is 16.5. The minimum atomic E-state index is -1.07. The van der Waals surface area contributed by atoms with Gasteiger partial charge in [0.2, 0.25) is 5.91 Å². The Hall–Kier alpha value is -3.93. The second kappa shape index (κ2) is 9.52. The number of carbonyl (C=O) groups is 3. The summed E-state index contributed by atoms with van der Waals surface area (Å²) in [5.41, 5.74) is 1.68. The van der Waals surface area contributed by atoms with Crippen molar-refractivity contribution in [3.05, 3.63) is 95.6 Å². The van der Waals surface area contributed by atoms with Crippen molar-refractivity contribution in [2.45, 2.75) is 19.3 Å². The molecule has 0 heterocycles. The number of aliphatic carboxylic acids is 1. The standard InChI is InChI=1S/C24H21NO5/c1-16(23(27)28)19-13-8-14-20(25-21(26)15-17-9-4-2-5-10-17)22(19)30-24(29)18-11-6-3-7-12-18/h2-14,16H,15H2,1H3,(H,25,26)(H,27,28). The average molecular weight is 403 g/mol. The largest absolute Gasteiger partial charge is 0.481 e. The van der Waals surface area contributed by atoms with Crippen LogP contribution in [-0.4, -0.2) is 23.0 Å². The molecule has 6 nitrogen and oxygen atoms in total. The lowest BCUT2D eigenvalue weighted by Crippen LogP contribution is -2.19. The molecule has 2 N–H and O–H groups in total. The van der Waals surface area contributed by atoms with E-state index in [1.165, 1.54) is 6.92 Å². The average Bonchev–Trinajstić information content (AvgIpc) is 2.75. The predicted octanol–water partition coefficient (Wildman–Crippen LogP) is 4.28. The lowest BCUT2D eigenvalue weighted by Gasteiger charge is -2.17. The summed E-state index contributed by atoms with van der Waals surface area (Å²) >= 11 is 0. The summed E-state index contributed by atoms with van der Waals surface area (Å²) in [4.78, 5) is 36.7. The van der Waals surface area contributed by atoms with Gasteiger partial charge in [0.25, 0.3) is 0 Å². The topological polar surface area (TPSA) is 92.7 Å². The van der Waals surface area contributed by atoms with Crippen LogP contribution in [0, 0.1) is 0 Å². The Balaban J connectivity index is 1.91. The molecular formula is C24H21NO5. The second-order valence-electron chi connectivity index (χ2n) is 6.75. The SMILES string of the molecule is CC(C(=O)O)c1cccc(NC(=O)Cc2ccccc2)c1OC(=O)c1ccccc1. The van der Waals surface area contributed by atoms with Crippen LogP contribution in [0.4, 0.5) is 5.69 Å². The first kappa shape index (κ1) is 20.8. The number of benzene rings is 3. The van der Waals surface area contributed by atoms with E-state index in [1.54, 1.807) is 48.5 Å². The highest BCUT2D eigenvalue weighted by molar-refractivity contribution is 5.97. The van der Waals surface area contributed by atoms with Crippen molar-refractivity contribution in [3.8, 4) is 5.75 Å². The third kappa shape index (κ3) is 5.11. The van der Waals surface area contributed by atoms with Crippen molar-refractivity contribution < 1.29 is 24.2 Å². The Morgan fingerprint density at radius 1 is 0.900 bits per heavy atom. The Morgan fingerprint density at radius 3 is 2.17 bits per heavy atom. The van der Waals surface area contributed by atoms with Crippen LogP contribution in [0.15, 0.2) is 78.9 Å². The van der Waals surface area contributed by atoms with E-state index in [1.807, 2.05) is 30.3 Å². The Kier molecular flexibility index (Phi) is 6.60. The summed E-state index contributed by atoms with van der Waals surface area (Å²) in [7, 11) is 0. The van der Waals surface area contributed by atoms with Crippen LogP contribution in [0.1, 0.15) is 34.3 Å². The third-order valence-electron chi connectivity index (χ3n) is 4.57. The Labute approximate surface area is 174 Å². The van der Waals surface area contributed by atoms with Crippen LogP contribution in [0.25, 0.3) is 0 Å². The van der Waals surface area contributed by atoms with E-state index in [2.05, 4.69) is 5.32 Å². The molecule has 0 aliphatic heterocycles. The highest BCUT2D eigenvalue weighted by Gasteiger charge is 2.24. The van der Waals surface area contributed by atoms with E-state index in [4.69, 9.17) is 4.74 Å². The molecule has 0 aliphatic rings. The minimum absolute atomic E-state index is 0.0302. The van der Waals surface area contributed by atoms with Gasteiger partial charge < -0.3 is 15.2 Å². The number of carboxylic acids is 1. The van der Waals surface area contributed by atoms with Crippen molar-refractivity contribution in [1.29, 1.82) is 0 Å². The fraction of sp³-hybridized carbons (Fsp3) is 0.125. The molecule has 6 heteroatoms. The van der Waals surface area contributed by atoms with Crippen LogP contribution < -0.4 is 10.1 Å². The molecule has 1 atom stereocenters. The first-order valence-electron chi connectivity index (χ1n) is 9.42. The fourth-order valence-corrected chi connectivity index (χ4v) is 2.94. The van der Waals surface area contributed by atoms with Gasteiger partial charge in [-0.05, 0) is 30.7 Å². The van der Waals surface area contributed by atoms with Gasteiger partial charge in [0.15, 0.2) is 5.75 Å². The zero-order valence-electron chi connectivity index (χ0n) is 16.4. The number of esters is 1. The fourth-order valence-electron chi connectivity index (χ4n) is 2.94. The predicted molar refractivity (Wildman–Crippen MR) is 113 cm³/mol. The number of rotatable bonds is 7. The van der Waals surface area contributed by atoms with Gasteiger partial charge in [0.1, 0.15) is 0 Å². The zero-order chi connectivity index (χ0) is 21.5. The molecule has 0 aromatic heterocycles. The van der Waals surface area contributed by atoms with E-state index < -0.39 is 17.9 Å². The molecule has 3 aromatic rings. The summed E-state index contributed by atoms with van der Waals surface area (Å²) in [6.45, 7) is 1.49. The number of nitrogens with one attached hydrogen (secondary N) is 1.